The molecule has 0 aliphatic heterocycles. The molecule has 1 unspecified atom stereocenters. The van der Waals surface area contributed by atoms with Gasteiger partial charge in [-0.15, -0.1) is 0 Å². The molecule has 1 aliphatic carbocycles. The van der Waals surface area contributed by atoms with Crippen LogP contribution in [0, 0.1) is 12.8 Å². The van der Waals surface area contributed by atoms with E-state index in [1.54, 1.807) is 0 Å². The maximum absolute atomic E-state index is 12.7. The predicted molar refractivity (Wildman–Crippen MR) is 111 cm³/mol. The van der Waals surface area contributed by atoms with Crippen LogP contribution < -0.4 is 4.74 Å². The smallest absolute Gasteiger partial charge is 0.339 e. The molecule has 0 fully saturated rings. The normalized spacial score (nSPS) is 16.8. The van der Waals surface area contributed by atoms with E-state index in [9.17, 15) is 4.79 Å². The van der Waals surface area contributed by atoms with Gasteiger partial charge in [0, 0.05) is 11.0 Å². The molecule has 0 saturated heterocycles. The molecular formula is C25H24O2. The predicted octanol–water partition coefficient (Wildman–Crippen LogP) is 6.47. The van der Waals surface area contributed by atoms with Gasteiger partial charge in [0.1, 0.15) is 5.75 Å². The zero-order chi connectivity index (χ0) is 18.8. The highest BCUT2D eigenvalue weighted by atomic mass is 16.5. The molecule has 3 aromatic carbocycles. The van der Waals surface area contributed by atoms with Crippen molar-refractivity contribution in [1.29, 1.82) is 0 Å². The summed E-state index contributed by atoms with van der Waals surface area (Å²) in [7, 11) is 0. The first kappa shape index (κ1) is 17.5. The number of esters is 1. The Kier molecular flexibility index (Phi) is 4.81. The number of allylic oxidation sites excluding steroid dienone is 1. The summed E-state index contributed by atoms with van der Waals surface area (Å²) < 4.78 is 5.90. The number of aryl methyl sites for hydroxylation is 1. The van der Waals surface area contributed by atoms with Crippen LogP contribution in [0.3, 0.4) is 0 Å². The van der Waals surface area contributed by atoms with Crippen LogP contribution in [0.15, 0.2) is 72.3 Å². The Bertz CT molecular complexity index is 1020. The molecular weight excluding hydrogens is 332 g/mol. The monoisotopic (exact) mass is 356 g/mol. The van der Waals surface area contributed by atoms with Crippen LogP contribution in [0.4, 0.5) is 0 Å². The number of fused-ring (bicyclic) bond motifs is 1. The van der Waals surface area contributed by atoms with Crippen molar-refractivity contribution in [2.75, 3.05) is 0 Å². The maximum atomic E-state index is 12.7. The van der Waals surface area contributed by atoms with Gasteiger partial charge in [0.05, 0.1) is 0 Å². The Morgan fingerprint density at radius 3 is 2.44 bits per heavy atom. The van der Waals surface area contributed by atoms with Gasteiger partial charge in [0.2, 0.25) is 0 Å². The average Bonchev–Trinajstić information content (AvgIpc) is 2.68. The fourth-order valence-corrected chi connectivity index (χ4v) is 3.81. The van der Waals surface area contributed by atoms with Crippen LogP contribution in [0.1, 0.15) is 31.7 Å². The van der Waals surface area contributed by atoms with Gasteiger partial charge < -0.3 is 4.74 Å². The van der Waals surface area contributed by atoms with Gasteiger partial charge in [-0.1, -0.05) is 67.6 Å². The lowest BCUT2D eigenvalue weighted by molar-refractivity contribution is -0.130. The standard InChI is InChI=1S/C25H24O2/c1-17-13-15-20(16-14-17)25(26)27-23-12-6-9-19-8-5-11-22(24(19)23)21-10-4-3-7-18(21)2/h3-12,15,17H,13-14,16H2,1-2H3. The summed E-state index contributed by atoms with van der Waals surface area (Å²) in [6.07, 6.45) is 4.85. The summed E-state index contributed by atoms with van der Waals surface area (Å²) in [6, 6.07) is 20.4. The molecule has 0 heterocycles. The molecule has 1 atom stereocenters. The number of benzene rings is 3. The third-order valence-electron chi connectivity index (χ3n) is 5.44. The molecule has 136 valence electrons. The number of hydrogen-bond acceptors (Lipinski definition) is 2. The van der Waals surface area contributed by atoms with Gasteiger partial charge in [-0.3, -0.25) is 0 Å². The highest BCUT2D eigenvalue weighted by Crippen LogP contribution is 2.37. The summed E-state index contributed by atoms with van der Waals surface area (Å²) in [5.74, 6) is 1.07. The van der Waals surface area contributed by atoms with Crippen molar-refractivity contribution < 1.29 is 9.53 Å². The van der Waals surface area contributed by atoms with Gasteiger partial charge >= 0.3 is 5.97 Å². The molecule has 3 aromatic rings. The summed E-state index contributed by atoms with van der Waals surface area (Å²) in [5.41, 5.74) is 4.27. The lowest BCUT2D eigenvalue weighted by Gasteiger charge is -2.18. The van der Waals surface area contributed by atoms with Gasteiger partial charge in [0.25, 0.3) is 0 Å². The molecule has 0 N–H and O–H groups in total. The van der Waals surface area contributed by atoms with Crippen LogP contribution in [-0.4, -0.2) is 5.97 Å². The van der Waals surface area contributed by atoms with E-state index >= 15 is 0 Å². The summed E-state index contributed by atoms with van der Waals surface area (Å²) in [4.78, 5) is 12.7. The lowest BCUT2D eigenvalue weighted by atomic mass is 9.91. The van der Waals surface area contributed by atoms with Gasteiger partial charge in [0.15, 0.2) is 0 Å². The second-order valence-electron chi connectivity index (χ2n) is 7.47. The van der Waals surface area contributed by atoms with E-state index in [-0.39, 0.29) is 5.97 Å². The first-order valence-electron chi connectivity index (χ1n) is 9.62. The van der Waals surface area contributed by atoms with Gasteiger partial charge in [-0.2, -0.15) is 0 Å². The molecule has 0 aromatic heterocycles. The zero-order valence-electron chi connectivity index (χ0n) is 15.9. The quantitative estimate of drug-likeness (QED) is 0.397. The number of carbonyl (C=O) groups excluding carboxylic acids is 1. The largest absolute Gasteiger partial charge is 0.422 e. The molecule has 2 heteroatoms. The van der Waals surface area contributed by atoms with Crippen LogP contribution in [0.2, 0.25) is 0 Å². The Morgan fingerprint density at radius 1 is 0.963 bits per heavy atom. The SMILES string of the molecule is Cc1ccccc1-c1cccc2cccc(OC(=O)C3=CCC(C)CC3)c12. The Balaban J connectivity index is 1.78. The highest BCUT2D eigenvalue weighted by molar-refractivity contribution is 6.03. The van der Waals surface area contributed by atoms with Crippen LogP contribution >= 0.6 is 0 Å². The Morgan fingerprint density at radius 2 is 1.70 bits per heavy atom. The third-order valence-corrected chi connectivity index (χ3v) is 5.44. The van der Waals surface area contributed by atoms with E-state index in [0.29, 0.717) is 11.7 Å². The first-order chi connectivity index (χ1) is 13.1. The van der Waals surface area contributed by atoms with Crippen LogP contribution in [-0.2, 0) is 4.79 Å². The molecule has 0 amide bonds. The summed E-state index contributed by atoms with van der Waals surface area (Å²) in [5, 5.41) is 2.07. The van der Waals surface area contributed by atoms with Crippen molar-refractivity contribution in [1.82, 2.24) is 0 Å². The van der Waals surface area contributed by atoms with Gasteiger partial charge in [-0.25, -0.2) is 4.79 Å². The van der Waals surface area contributed by atoms with Gasteiger partial charge in [-0.05, 0) is 60.2 Å². The zero-order valence-corrected chi connectivity index (χ0v) is 15.9. The fourth-order valence-electron chi connectivity index (χ4n) is 3.81. The number of hydrogen-bond donors (Lipinski definition) is 0. The molecule has 27 heavy (non-hydrogen) atoms. The van der Waals surface area contributed by atoms with E-state index < -0.39 is 0 Å². The van der Waals surface area contributed by atoms with E-state index in [0.717, 1.165) is 46.7 Å². The summed E-state index contributed by atoms with van der Waals surface area (Å²) in [6.45, 7) is 4.33. The van der Waals surface area contributed by atoms with Crippen molar-refractivity contribution in [2.24, 2.45) is 5.92 Å². The average molecular weight is 356 g/mol. The molecule has 2 nitrogen and oxygen atoms in total. The van der Waals surface area contributed by atoms with Crippen LogP contribution in [0.5, 0.6) is 5.75 Å². The van der Waals surface area contributed by atoms with Crippen molar-refractivity contribution in [2.45, 2.75) is 33.1 Å². The van der Waals surface area contributed by atoms with E-state index in [4.69, 9.17) is 4.74 Å². The molecule has 0 spiro atoms. The molecule has 4 rings (SSSR count). The van der Waals surface area contributed by atoms with Crippen molar-refractivity contribution >= 4 is 16.7 Å². The van der Waals surface area contributed by atoms with Crippen molar-refractivity contribution in [3.8, 4) is 16.9 Å². The second kappa shape index (κ2) is 7.40. The maximum Gasteiger partial charge on any atom is 0.339 e. The topological polar surface area (TPSA) is 26.3 Å². The molecule has 0 saturated carbocycles. The molecule has 1 aliphatic rings. The lowest BCUT2D eigenvalue weighted by Crippen LogP contribution is -2.15. The minimum atomic E-state index is -0.214. The number of ether oxygens (including phenoxy) is 1. The number of rotatable bonds is 3. The minimum absolute atomic E-state index is 0.214. The molecule has 0 radical (unpaired) electrons. The highest BCUT2D eigenvalue weighted by Gasteiger charge is 2.19. The second-order valence-corrected chi connectivity index (χ2v) is 7.47. The van der Waals surface area contributed by atoms with E-state index in [1.807, 2.05) is 30.3 Å². The summed E-state index contributed by atoms with van der Waals surface area (Å²) >= 11 is 0. The van der Waals surface area contributed by atoms with Crippen molar-refractivity contribution in [3.05, 3.63) is 77.9 Å². The molecule has 0 bridgehead atoms. The Labute approximate surface area is 160 Å². The fraction of sp³-hybridized carbons (Fsp3) is 0.240. The minimum Gasteiger partial charge on any atom is -0.422 e. The Hall–Kier alpha value is -2.87. The number of carbonyl (C=O) groups is 1. The van der Waals surface area contributed by atoms with E-state index in [2.05, 4.69) is 50.2 Å². The first-order valence-corrected chi connectivity index (χ1v) is 9.62. The van der Waals surface area contributed by atoms with Crippen LogP contribution in [0.25, 0.3) is 21.9 Å². The van der Waals surface area contributed by atoms with Crippen molar-refractivity contribution in [3.63, 3.8) is 0 Å². The third kappa shape index (κ3) is 3.52. The van der Waals surface area contributed by atoms with E-state index in [1.165, 1.54) is 5.56 Å².